The first-order chi connectivity index (χ1) is 14.9. The molecule has 3 aliphatic rings. The maximum atomic E-state index is 12.5. The molecule has 0 aromatic heterocycles. The van der Waals surface area contributed by atoms with Crippen LogP contribution in [0.5, 0.6) is 0 Å². The zero-order chi connectivity index (χ0) is 22.0. The van der Waals surface area contributed by atoms with Gasteiger partial charge in [-0.2, -0.15) is 0 Å². The van der Waals surface area contributed by atoms with Gasteiger partial charge in [0.25, 0.3) is 0 Å². The normalized spacial score (nSPS) is 23.7. The molecule has 2 aliphatic heterocycles. The van der Waals surface area contributed by atoms with Crippen LogP contribution in [0.15, 0.2) is 24.3 Å². The lowest BCUT2D eigenvalue weighted by atomic mass is 9.81. The predicted molar refractivity (Wildman–Crippen MR) is 115 cm³/mol. The van der Waals surface area contributed by atoms with Crippen molar-refractivity contribution in [3.8, 4) is 0 Å². The Balaban J connectivity index is 1.22. The van der Waals surface area contributed by atoms with Crippen LogP contribution in [0.4, 0.5) is 5.69 Å². The van der Waals surface area contributed by atoms with Crippen molar-refractivity contribution in [2.45, 2.75) is 25.7 Å². The van der Waals surface area contributed by atoms with Gasteiger partial charge >= 0.3 is 0 Å². The number of rotatable bonds is 5. The number of anilines is 1. The lowest BCUT2D eigenvalue weighted by molar-refractivity contribution is -0.143. The van der Waals surface area contributed by atoms with Crippen LogP contribution in [-0.4, -0.2) is 72.7 Å². The number of fused-ring (bicyclic) bond motifs is 1. The van der Waals surface area contributed by atoms with Gasteiger partial charge in [-0.25, -0.2) is 0 Å². The van der Waals surface area contributed by atoms with Gasteiger partial charge in [-0.1, -0.05) is 24.4 Å². The van der Waals surface area contributed by atoms with Crippen molar-refractivity contribution in [2.24, 2.45) is 11.8 Å². The zero-order valence-corrected chi connectivity index (χ0v) is 18.1. The van der Waals surface area contributed by atoms with E-state index < -0.39 is 5.91 Å². The molecule has 9 heteroatoms. The van der Waals surface area contributed by atoms with Crippen molar-refractivity contribution >= 4 is 40.9 Å². The highest BCUT2D eigenvalue weighted by Gasteiger charge is 2.48. The smallest absolute Gasteiger partial charge is 0.242 e. The number of imide groups is 1. The van der Waals surface area contributed by atoms with Gasteiger partial charge in [0.15, 0.2) is 0 Å². The second-order valence-electron chi connectivity index (χ2n) is 8.38. The number of hydrogen-bond acceptors (Lipinski definition) is 5. The minimum absolute atomic E-state index is 0.136. The molecule has 2 atom stereocenters. The van der Waals surface area contributed by atoms with Gasteiger partial charge in [0.2, 0.25) is 23.6 Å². The highest BCUT2D eigenvalue weighted by atomic mass is 35.5. The Bertz CT molecular complexity index is 843. The number of carbonyl (C=O) groups excluding carboxylic acids is 4. The van der Waals surface area contributed by atoms with Crippen molar-refractivity contribution in [3.63, 3.8) is 0 Å². The topological polar surface area (TPSA) is 90.0 Å². The Hall–Kier alpha value is -2.61. The van der Waals surface area contributed by atoms with Gasteiger partial charge < -0.3 is 15.1 Å². The highest BCUT2D eigenvalue weighted by molar-refractivity contribution is 6.30. The quantitative estimate of drug-likeness (QED) is 0.688. The molecule has 3 fully saturated rings. The summed E-state index contributed by atoms with van der Waals surface area (Å²) in [5.41, 5.74) is 1.06. The van der Waals surface area contributed by atoms with Crippen LogP contribution in [0.1, 0.15) is 25.7 Å². The van der Waals surface area contributed by atoms with Gasteiger partial charge in [-0.05, 0) is 37.1 Å². The molecule has 2 unspecified atom stereocenters. The van der Waals surface area contributed by atoms with Crippen molar-refractivity contribution in [2.75, 3.05) is 44.2 Å². The van der Waals surface area contributed by atoms with E-state index >= 15 is 0 Å². The van der Waals surface area contributed by atoms with Crippen LogP contribution in [0.2, 0.25) is 5.02 Å². The van der Waals surface area contributed by atoms with E-state index in [-0.39, 0.29) is 42.6 Å². The minimum atomic E-state index is -0.478. The van der Waals surface area contributed by atoms with Crippen LogP contribution < -0.4 is 10.2 Å². The largest absolute Gasteiger partial charge is 0.368 e. The maximum absolute atomic E-state index is 12.5. The summed E-state index contributed by atoms with van der Waals surface area (Å²) >= 11 is 5.93. The van der Waals surface area contributed by atoms with Gasteiger partial charge in [0.1, 0.15) is 6.54 Å². The molecule has 31 heavy (non-hydrogen) atoms. The van der Waals surface area contributed by atoms with E-state index in [1.165, 1.54) is 0 Å². The molecule has 0 spiro atoms. The highest BCUT2D eigenvalue weighted by Crippen LogP contribution is 2.37. The van der Waals surface area contributed by atoms with Crippen molar-refractivity contribution in [3.05, 3.63) is 29.3 Å². The van der Waals surface area contributed by atoms with Crippen LogP contribution >= 0.6 is 11.6 Å². The molecule has 2 heterocycles. The van der Waals surface area contributed by atoms with E-state index in [0.717, 1.165) is 23.4 Å². The minimum Gasteiger partial charge on any atom is -0.368 e. The summed E-state index contributed by atoms with van der Waals surface area (Å²) in [7, 11) is 0. The molecule has 2 saturated heterocycles. The molecule has 1 aromatic carbocycles. The third-order valence-electron chi connectivity index (χ3n) is 6.50. The van der Waals surface area contributed by atoms with Crippen LogP contribution in [0.25, 0.3) is 0 Å². The summed E-state index contributed by atoms with van der Waals surface area (Å²) in [6, 6.07) is 7.59. The summed E-state index contributed by atoms with van der Waals surface area (Å²) in [5.74, 6) is -1.67. The number of carbonyl (C=O) groups is 4. The monoisotopic (exact) mass is 446 g/mol. The first kappa shape index (κ1) is 21.6. The van der Waals surface area contributed by atoms with Crippen molar-refractivity contribution in [1.82, 2.24) is 15.1 Å². The fourth-order valence-corrected chi connectivity index (χ4v) is 4.86. The fourth-order valence-electron chi connectivity index (χ4n) is 4.74. The van der Waals surface area contributed by atoms with E-state index in [2.05, 4.69) is 10.2 Å². The van der Waals surface area contributed by atoms with Crippen LogP contribution in [0.3, 0.4) is 0 Å². The Morgan fingerprint density at radius 3 is 2.10 bits per heavy atom. The molecule has 0 radical (unpaired) electrons. The number of benzene rings is 1. The zero-order valence-electron chi connectivity index (χ0n) is 17.4. The standard InChI is InChI=1S/C22H27ClN4O4/c23-15-5-7-16(8-6-15)25-9-11-26(12-10-25)20(29)13-24-19(28)14-27-21(30)17-3-1-2-4-18(17)22(27)31/h5-8,17-18H,1-4,9-14H2,(H,24,28). The van der Waals surface area contributed by atoms with Crippen molar-refractivity contribution < 1.29 is 19.2 Å². The maximum Gasteiger partial charge on any atom is 0.242 e. The number of halogens is 1. The molecule has 1 aromatic rings. The summed E-state index contributed by atoms with van der Waals surface area (Å²) in [6.45, 7) is 2.07. The molecule has 4 amide bonds. The summed E-state index contributed by atoms with van der Waals surface area (Å²) in [5, 5.41) is 3.26. The molecule has 1 aliphatic carbocycles. The Morgan fingerprint density at radius 1 is 0.935 bits per heavy atom. The summed E-state index contributed by atoms with van der Waals surface area (Å²) in [6.07, 6.45) is 3.32. The van der Waals surface area contributed by atoms with Gasteiger partial charge in [-0.3, -0.25) is 24.1 Å². The average molecular weight is 447 g/mol. The number of nitrogens with one attached hydrogen (secondary N) is 1. The average Bonchev–Trinajstić information content (AvgIpc) is 3.03. The fraction of sp³-hybridized carbons (Fsp3) is 0.545. The van der Waals surface area contributed by atoms with E-state index in [1.54, 1.807) is 4.90 Å². The van der Waals surface area contributed by atoms with E-state index in [4.69, 9.17) is 11.6 Å². The first-order valence-corrected chi connectivity index (χ1v) is 11.2. The Kier molecular flexibility index (Phi) is 6.46. The third-order valence-corrected chi connectivity index (χ3v) is 6.75. The number of piperazine rings is 1. The second kappa shape index (κ2) is 9.26. The SMILES string of the molecule is O=C(CN1C(=O)C2CCCCC2C1=O)NCC(=O)N1CCN(c2ccc(Cl)cc2)CC1. The second-order valence-corrected chi connectivity index (χ2v) is 8.82. The third kappa shape index (κ3) is 4.69. The number of nitrogens with zero attached hydrogens (tertiary/aromatic N) is 3. The van der Waals surface area contributed by atoms with E-state index in [9.17, 15) is 19.2 Å². The molecule has 4 rings (SSSR count). The van der Waals surface area contributed by atoms with Crippen LogP contribution in [-0.2, 0) is 19.2 Å². The molecular formula is C22H27ClN4O4. The van der Waals surface area contributed by atoms with Crippen molar-refractivity contribution in [1.29, 1.82) is 0 Å². The number of likely N-dealkylation sites (tertiary alicyclic amines) is 1. The lowest BCUT2D eigenvalue weighted by Crippen LogP contribution is -2.52. The molecule has 0 bridgehead atoms. The molecule has 1 N–H and O–H groups in total. The van der Waals surface area contributed by atoms with Crippen LogP contribution in [0, 0.1) is 11.8 Å². The molecule has 8 nitrogen and oxygen atoms in total. The molecular weight excluding hydrogens is 420 g/mol. The molecule has 166 valence electrons. The first-order valence-electron chi connectivity index (χ1n) is 10.8. The van der Waals surface area contributed by atoms with E-state index in [1.807, 2.05) is 24.3 Å². The molecule has 1 saturated carbocycles. The van der Waals surface area contributed by atoms with Gasteiger partial charge in [-0.15, -0.1) is 0 Å². The summed E-state index contributed by atoms with van der Waals surface area (Å²) in [4.78, 5) is 54.7. The summed E-state index contributed by atoms with van der Waals surface area (Å²) < 4.78 is 0. The van der Waals surface area contributed by atoms with E-state index in [0.29, 0.717) is 44.0 Å². The Labute approximate surface area is 186 Å². The predicted octanol–water partition coefficient (Wildman–Crippen LogP) is 1.28. The van der Waals surface area contributed by atoms with Gasteiger partial charge in [0, 0.05) is 36.9 Å². The lowest BCUT2D eigenvalue weighted by Gasteiger charge is -2.36. The Morgan fingerprint density at radius 2 is 1.52 bits per heavy atom. The van der Waals surface area contributed by atoms with Gasteiger partial charge in [0.05, 0.1) is 18.4 Å². The number of amides is 4. The number of hydrogen-bond donors (Lipinski definition) is 1.